The fourth-order valence-electron chi connectivity index (χ4n) is 3.50. The molecule has 3 rings (SSSR count). The summed E-state index contributed by atoms with van der Waals surface area (Å²) in [4.78, 5) is 14.5. The zero-order valence-electron chi connectivity index (χ0n) is 12.3. The van der Waals surface area contributed by atoms with E-state index in [1.165, 1.54) is 12.8 Å². The summed E-state index contributed by atoms with van der Waals surface area (Å²) >= 11 is 0. The minimum atomic E-state index is 0. The minimum absolute atomic E-state index is 0. The molecule has 0 aliphatic carbocycles. The molecule has 0 radical (unpaired) electrons. The molecular formula is C14H23ClN4O. The van der Waals surface area contributed by atoms with Crippen LogP contribution in [0.2, 0.25) is 0 Å². The third-order valence-electron chi connectivity index (χ3n) is 4.54. The Bertz CT molecular complexity index is 489. The maximum Gasteiger partial charge on any atom is 0.272 e. The van der Waals surface area contributed by atoms with Crippen molar-refractivity contribution in [2.45, 2.75) is 50.7 Å². The van der Waals surface area contributed by atoms with Crippen LogP contribution in [0, 0.1) is 6.92 Å². The minimum Gasteiger partial charge on any atom is -0.337 e. The molecule has 1 aromatic heterocycles. The Morgan fingerprint density at radius 3 is 2.50 bits per heavy atom. The van der Waals surface area contributed by atoms with Gasteiger partial charge in [0.1, 0.15) is 5.69 Å². The maximum absolute atomic E-state index is 12.6. The molecule has 2 fully saturated rings. The second kappa shape index (κ2) is 5.74. The monoisotopic (exact) mass is 298 g/mol. The molecule has 0 saturated carbocycles. The number of aryl methyl sites for hydroxylation is 2. The third-order valence-corrected chi connectivity index (χ3v) is 4.54. The van der Waals surface area contributed by atoms with E-state index in [1.807, 2.05) is 32.0 Å². The molecule has 0 aromatic carbocycles. The van der Waals surface area contributed by atoms with Gasteiger partial charge >= 0.3 is 0 Å². The Kier molecular flexibility index (Phi) is 4.39. The average molecular weight is 299 g/mol. The van der Waals surface area contributed by atoms with Crippen LogP contribution in [0.3, 0.4) is 0 Å². The second-order valence-electron chi connectivity index (χ2n) is 5.97. The second-order valence-corrected chi connectivity index (χ2v) is 5.97. The summed E-state index contributed by atoms with van der Waals surface area (Å²) in [6.45, 7) is 1.92. The van der Waals surface area contributed by atoms with Crippen LogP contribution in [0.15, 0.2) is 6.07 Å². The molecule has 20 heavy (non-hydrogen) atoms. The van der Waals surface area contributed by atoms with E-state index in [0.29, 0.717) is 23.8 Å². The van der Waals surface area contributed by atoms with Crippen LogP contribution in [-0.4, -0.2) is 45.8 Å². The summed E-state index contributed by atoms with van der Waals surface area (Å²) in [5.41, 5.74) is 1.58. The van der Waals surface area contributed by atoms with Crippen molar-refractivity contribution < 1.29 is 4.79 Å². The molecule has 112 valence electrons. The number of amides is 1. The van der Waals surface area contributed by atoms with Crippen LogP contribution in [0.5, 0.6) is 0 Å². The van der Waals surface area contributed by atoms with Crippen LogP contribution in [0.1, 0.15) is 41.9 Å². The van der Waals surface area contributed by atoms with Crippen LogP contribution in [0.25, 0.3) is 0 Å². The SMILES string of the molecule is Cc1cc(C(=O)N(C)C2CC3CCC(C2)N3)n(C)n1.Cl. The molecule has 2 atom stereocenters. The van der Waals surface area contributed by atoms with Gasteiger partial charge in [-0.3, -0.25) is 9.48 Å². The summed E-state index contributed by atoms with van der Waals surface area (Å²) < 4.78 is 1.68. The van der Waals surface area contributed by atoms with E-state index in [4.69, 9.17) is 0 Å². The topological polar surface area (TPSA) is 50.2 Å². The maximum atomic E-state index is 12.6. The fraction of sp³-hybridized carbons (Fsp3) is 0.714. The smallest absolute Gasteiger partial charge is 0.272 e. The Labute approximate surface area is 126 Å². The largest absolute Gasteiger partial charge is 0.337 e. The number of carbonyl (C=O) groups is 1. The molecule has 2 bridgehead atoms. The highest BCUT2D eigenvalue weighted by Gasteiger charge is 2.36. The number of hydrogen-bond acceptors (Lipinski definition) is 3. The predicted octanol–water partition coefficient (Wildman–Crippen LogP) is 1.51. The van der Waals surface area contributed by atoms with Crippen molar-refractivity contribution in [3.05, 3.63) is 17.5 Å². The Hall–Kier alpha value is -1.07. The van der Waals surface area contributed by atoms with Crippen molar-refractivity contribution in [1.29, 1.82) is 0 Å². The van der Waals surface area contributed by atoms with Crippen molar-refractivity contribution in [3.63, 3.8) is 0 Å². The summed E-state index contributed by atoms with van der Waals surface area (Å²) in [5, 5.41) is 7.87. The number of rotatable bonds is 2. The summed E-state index contributed by atoms with van der Waals surface area (Å²) in [6, 6.07) is 3.44. The first-order valence-electron chi connectivity index (χ1n) is 7.08. The van der Waals surface area contributed by atoms with Crippen molar-refractivity contribution in [3.8, 4) is 0 Å². The standard InChI is InChI=1S/C14H22N4O.ClH/c1-9-6-13(18(3)16-9)14(19)17(2)12-7-10-4-5-11(8-12)15-10;/h6,10-12,15H,4-5,7-8H2,1-3H3;1H. The van der Waals surface area contributed by atoms with E-state index < -0.39 is 0 Å². The van der Waals surface area contributed by atoms with Gasteiger partial charge in [-0.1, -0.05) is 0 Å². The molecule has 6 heteroatoms. The Balaban J connectivity index is 0.00000147. The predicted molar refractivity (Wildman–Crippen MR) is 80.3 cm³/mol. The quantitative estimate of drug-likeness (QED) is 0.900. The number of nitrogens with one attached hydrogen (secondary N) is 1. The molecule has 3 heterocycles. The lowest BCUT2D eigenvalue weighted by Crippen LogP contribution is -2.49. The van der Waals surface area contributed by atoms with Gasteiger partial charge in [-0.15, -0.1) is 12.4 Å². The number of aromatic nitrogens is 2. The third kappa shape index (κ3) is 2.69. The van der Waals surface area contributed by atoms with Crippen LogP contribution >= 0.6 is 12.4 Å². The fourth-order valence-corrected chi connectivity index (χ4v) is 3.50. The lowest BCUT2D eigenvalue weighted by atomic mass is 9.98. The van der Waals surface area contributed by atoms with Gasteiger partial charge in [-0.2, -0.15) is 5.10 Å². The number of carbonyl (C=O) groups excluding carboxylic acids is 1. The van der Waals surface area contributed by atoms with Crippen molar-refractivity contribution >= 4 is 18.3 Å². The van der Waals surface area contributed by atoms with Crippen LogP contribution < -0.4 is 5.32 Å². The highest BCUT2D eigenvalue weighted by Crippen LogP contribution is 2.29. The zero-order valence-corrected chi connectivity index (χ0v) is 13.1. The zero-order chi connectivity index (χ0) is 13.6. The van der Waals surface area contributed by atoms with Crippen LogP contribution in [-0.2, 0) is 7.05 Å². The van der Waals surface area contributed by atoms with E-state index in [9.17, 15) is 4.79 Å². The number of fused-ring (bicyclic) bond motifs is 2. The number of hydrogen-bond donors (Lipinski definition) is 1. The van der Waals surface area contributed by atoms with E-state index in [-0.39, 0.29) is 18.3 Å². The Morgan fingerprint density at radius 1 is 1.40 bits per heavy atom. The van der Waals surface area contributed by atoms with Crippen molar-refractivity contribution in [1.82, 2.24) is 20.0 Å². The molecule has 2 aliphatic rings. The normalized spacial score (nSPS) is 28.1. The first-order valence-corrected chi connectivity index (χ1v) is 7.08. The molecule has 5 nitrogen and oxygen atoms in total. The highest BCUT2D eigenvalue weighted by atomic mass is 35.5. The molecule has 2 unspecified atom stereocenters. The number of halogens is 1. The highest BCUT2D eigenvalue weighted by molar-refractivity contribution is 5.92. The van der Waals surface area contributed by atoms with Gasteiger partial charge in [0.25, 0.3) is 5.91 Å². The van der Waals surface area contributed by atoms with Gasteiger partial charge < -0.3 is 10.2 Å². The van der Waals surface area contributed by atoms with Crippen LogP contribution in [0.4, 0.5) is 0 Å². The summed E-state index contributed by atoms with van der Waals surface area (Å²) in [5.74, 6) is 0.0920. The van der Waals surface area contributed by atoms with Gasteiger partial charge in [-0.25, -0.2) is 0 Å². The molecule has 1 amide bonds. The molecule has 2 saturated heterocycles. The summed E-state index contributed by atoms with van der Waals surface area (Å²) in [6.07, 6.45) is 4.67. The first kappa shape index (κ1) is 15.3. The van der Waals surface area contributed by atoms with Gasteiger partial charge in [0.2, 0.25) is 0 Å². The number of piperidine rings is 1. The summed E-state index contributed by atoms with van der Waals surface area (Å²) in [7, 11) is 3.76. The molecule has 0 spiro atoms. The first-order chi connectivity index (χ1) is 9.04. The van der Waals surface area contributed by atoms with Crippen molar-refractivity contribution in [2.24, 2.45) is 7.05 Å². The van der Waals surface area contributed by atoms with E-state index in [1.54, 1.807) is 4.68 Å². The van der Waals surface area contributed by atoms with Gasteiger partial charge in [-0.05, 0) is 38.7 Å². The Morgan fingerprint density at radius 2 is 2.00 bits per heavy atom. The van der Waals surface area contributed by atoms with E-state index in [2.05, 4.69) is 10.4 Å². The van der Waals surface area contributed by atoms with E-state index in [0.717, 1.165) is 18.5 Å². The molecular weight excluding hydrogens is 276 g/mol. The van der Waals surface area contributed by atoms with Gasteiger partial charge in [0, 0.05) is 32.2 Å². The molecule has 1 aromatic rings. The number of nitrogens with zero attached hydrogens (tertiary/aromatic N) is 3. The average Bonchev–Trinajstić information content (AvgIpc) is 2.89. The molecule has 1 N–H and O–H groups in total. The molecule has 2 aliphatic heterocycles. The van der Waals surface area contributed by atoms with E-state index >= 15 is 0 Å². The lowest BCUT2D eigenvalue weighted by molar-refractivity contribution is 0.0670. The van der Waals surface area contributed by atoms with Gasteiger partial charge in [0.05, 0.1) is 5.69 Å². The lowest BCUT2D eigenvalue weighted by Gasteiger charge is -2.35. The van der Waals surface area contributed by atoms with Crippen molar-refractivity contribution in [2.75, 3.05) is 7.05 Å². The van der Waals surface area contributed by atoms with Gasteiger partial charge in [0.15, 0.2) is 0 Å².